The van der Waals surface area contributed by atoms with Crippen LogP contribution in [0.1, 0.15) is 39.7 Å². The standard InChI is InChI=1S/C19H22N2O5S2/c1-26-18(22)12-15(17-6-4-10-27-17)20-19(23)14-7-8-16-13(11-14)5-3-9-21(16)28(2,24)25/h4,6-8,10-11,15H,3,5,9,12H2,1-2H3,(H,20,23)/t15-/m1/s1. The van der Waals surface area contributed by atoms with Crippen molar-refractivity contribution >= 4 is 38.9 Å². The number of hydrogen-bond acceptors (Lipinski definition) is 6. The third kappa shape index (κ3) is 4.53. The number of fused-ring (bicyclic) bond motifs is 1. The predicted molar refractivity (Wildman–Crippen MR) is 108 cm³/mol. The zero-order chi connectivity index (χ0) is 20.3. The number of nitrogens with one attached hydrogen (secondary N) is 1. The van der Waals surface area contributed by atoms with Gasteiger partial charge in [0.05, 0.1) is 31.5 Å². The van der Waals surface area contributed by atoms with E-state index in [1.54, 1.807) is 18.2 Å². The molecule has 0 unspecified atom stereocenters. The van der Waals surface area contributed by atoms with Gasteiger partial charge in [-0.05, 0) is 48.1 Å². The van der Waals surface area contributed by atoms with E-state index >= 15 is 0 Å². The molecule has 0 saturated heterocycles. The van der Waals surface area contributed by atoms with Crippen LogP contribution in [0.2, 0.25) is 0 Å². The van der Waals surface area contributed by atoms with Crippen LogP contribution >= 0.6 is 11.3 Å². The number of ether oxygens (including phenoxy) is 1. The Balaban J connectivity index is 1.83. The van der Waals surface area contributed by atoms with E-state index in [2.05, 4.69) is 5.32 Å². The number of methoxy groups -OCH3 is 1. The highest BCUT2D eigenvalue weighted by atomic mass is 32.2. The summed E-state index contributed by atoms with van der Waals surface area (Å²) >= 11 is 1.45. The van der Waals surface area contributed by atoms with Crippen LogP contribution in [0.25, 0.3) is 0 Å². The number of hydrogen-bond donors (Lipinski definition) is 1. The smallest absolute Gasteiger partial charge is 0.307 e. The molecule has 7 nitrogen and oxygen atoms in total. The summed E-state index contributed by atoms with van der Waals surface area (Å²) in [5.74, 6) is -0.727. The summed E-state index contributed by atoms with van der Waals surface area (Å²) in [6.45, 7) is 0.441. The molecule has 0 bridgehead atoms. The van der Waals surface area contributed by atoms with E-state index in [1.807, 2.05) is 17.5 Å². The Morgan fingerprint density at radius 3 is 2.75 bits per heavy atom. The van der Waals surface area contributed by atoms with E-state index in [1.165, 1.54) is 29.0 Å². The van der Waals surface area contributed by atoms with Gasteiger partial charge in [-0.1, -0.05) is 6.07 Å². The molecular weight excluding hydrogens is 400 g/mol. The van der Waals surface area contributed by atoms with Gasteiger partial charge in [0.15, 0.2) is 0 Å². The molecule has 0 radical (unpaired) electrons. The molecule has 1 amide bonds. The van der Waals surface area contributed by atoms with Crippen molar-refractivity contribution in [2.45, 2.75) is 25.3 Å². The Morgan fingerprint density at radius 2 is 2.11 bits per heavy atom. The molecule has 28 heavy (non-hydrogen) atoms. The molecule has 1 N–H and O–H groups in total. The van der Waals surface area contributed by atoms with Crippen LogP contribution in [0.3, 0.4) is 0 Å². The molecular formula is C19H22N2O5S2. The Bertz CT molecular complexity index is 970. The highest BCUT2D eigenvalue weighted by molar-refractivity contribution is 7.92. The van der Waals surface area contributed by atoms with E-state index in [0.717, 1.165) is 10.4 Å². The van der Waals surface area contributed by atoms with E-state index in [9.17, 15) is 18.0 Å². The molecule has 2 aromatic rings. The molecule has 1 aliphatic rings. The number of anilines is 1. The largest absolute Gasteiger partial charge is 0.469 e. The van der Waals surface area contributed by atoms with Gasteiger partial charge in [-0.3, -0.25) is 13.9 Å². The second-order valence-corrected chi connectivity index (χ2v) is 9.49. The highest BCUT2D eigenvalue weighted by Gasteiger charge is 2.26. The van der Waals surface area contributed by atoms with Crippen molar-refractivity contribution in [3.8, 4) is 0 Å². The molecule has 150 valence electrons. The Hall–Kier alpha value is -2.39. The summed E-state index contributed by atoms with van der Waals surface area (Å²) in [7, 11) is -2.04. The average Bonchev–Trinajstić information content (AvgIpc) is 3.20. The summed E-state index contributed by atoms with van der Waals surface area (Å²) in [5.41, 5.74) is 1.88. The first-order valence-corrected chi connectivity index (χ1v) is 11.5. The maximum atomic E-state index is 12.8. The van der Waals surface area contributed by atoms with E-state index in [-0.39, 0.29) is 12.3 Å². The quantitative estimate of drug-likeness (QED) is 0.722. The minimum absolute atomic E-state index is 0.0373. The third-order valence-corrected chi connectivity index (χ3v) is 6.77. The van der Waals surface area contributed by atoms with Crippen molar-refractivity contribution in [2.24, 2.45) is 0 Å². The van der Waals surface area contributed by atoms with Gasteiger partial charge in [0, 0.05) is 17.0 Å². The number of esters is 1. The number of carbonyl (C=O) groups excluding carboxylic acids is 2. The number of thiophene rings is 1. The normalized spacial score (nSPS) is 14.9. The summed E-state index contributed by atoms with van der Waals surface area (Å²) in [6.07, 6.45) is 2.63. The second-order valence-electron chi connectivity index (χ2n) is 6.60. The SMILES string of the molecule is COC(=O)C[C@@H](NC(=O)c1ccc2c(c1)CCCN2S(C)(=O)=O)c1cccs1. The molecule has 0 aliphatic carbocycles. The molecule has 2 heterocycles. The summed E-state index contributed by atoms with van der Waals surface area (Å²) in [4.78, 5) is 25.4. The average molecular weight is 423 g/mol. The number of sulfonamides is 1. The van der Waals surface area contributed by atoms with Gasteiger partial charge < -0.3 is 10.1 Å². The lowest BCUT2D eigenvalue weighted by atomic mass is 10.00. The molecule has 9 heteroatoms. The third-order valence-electron chi connectivity index (χ3n) is 4.61. The number of rotatable bonds is 6. The predicted octanol–water partition coefficient (Wildman–Crippen LogP) is 2.49. The fourth-order valence-corrected chi connectivity index (χ4v) is 5.03. The lowest BCUT2D eigenvalue weighted by Crippen LogP contribution is -2.35. The van der Waals surface area contributed by atoms with Gasteiger partial charge >= 0.3 is 5.97 Å². The van der Waals surface area contributed by atoms with Gasteiger partial charge in [0.1, 0.15) is 0 Å². The van der Waals surface area contributed by atoms with Gasteiger partial charge in [0.2, 0.25) is 10.0 Å². The Kier molecular flexibility index (Phi) is 6.04. The van der Waals surface area contributed by atoms with Crippen LogP contribution in [0.5, 0.6) is 0 Å². The maximum absolute atomic E-state index is 12.8. The molecule has 0 spiro atoms. The number of nitrogens with zero attached hydrogens (tertiary/aromatic N) is 1. The second kappa shape index (κ2) is 8.32. The van der Waals surface area contributed by atoms with Gasteiger partial charge in [-0.15, -0.1) is 11.3 Å². The number of amides is 1. The van der Waals surface area contributed by atoms with Crippen LogP contribution in [0.4, 0.5) is 5.69 Å². The first-order valence-electron chi connectivity index (χ1n) is 8.81. The van der Waals surface area contributed by atoms with Gasteiger partial charge in [0.25, 0.3) is 5.91 Å². The topological polar surface area (TPSA) is 92.8 Å². The molecule has 1 aliphatic heterocycles. The van der Waals surface area contributed by atoms with Crippen LogP contribution in [0.15, 0.2) is 35.7 Å². The summed E-state index contributed by atoms with van der Waals surface area (Å²) < 4.78 is 30.1. The maximum Gasteiger partial charge on any atom is 0.307 e. The molecule has 0 fully saturated rings. The van der Waals surface area contributed by atoms with Crippen molar-refractivity contribution in [3.63, 3.8) is 0 Å². The van der Waals surface area contributed by atoms with Crippen LogP contribution in [-0.2, 0) is 26.0 Å². The molecule has 1 aromatic carbocycles. The van der Waals surface area contributed by atoms with E-state index in [0.29, 0.717) is 30.6 Å². The summed E-state index contributed by atoms with van der Waals surface area (Å²) in [5, 5.41) is 4.77. The van der Waals surface area contributed by atoms with Crippen molar-refractivity contribution in [1.82, 2.24) is 5.32 Å². The monoisotopic (exact) mass is 422 g/mol. The minimum atomic E-state index is -3.35. The number of carbonyl (C=O) groups is 2. The van der Waals surface area contributed by atoms with Crippen molar-refractivity contribution in [3.05, 3.63) is 51.7 Å². The molecule has 3 rings (SSSR count). The highest BCUT2D eigenvalue weighted by Crippen LogP contribution is 2.30. The fraction of sp³-hybridized carbons (Fsp3) is 0.368. The zero-order valence-corrected chi connectivity index (χ0v) is 17.3. The first kappa shape index (κ1) is 20.3. The van der Waals surface area contributed by atoms with Crippen LogP contribution in [-0.4, -0.2) is 40.2 Å². The van der Waals surface area contributed by atoms with Crippen molar-refractivity contribution in [1.29, 1.82) is 0 Å². The van der Waals surface area contributed by atoms with Crippen molar-refractivity contribution in [2.75, 3.05) is 24.2 Å². The summed E-state index contributed by atoms with van der Waals surface area (Å²) in [6, 6.07) is 8.24. The molecule has 1 atom stereocenters. The number of aryl methyl sites for hydroxylation is 1. The molecule has 0 saturated carbocycles. The van der Waals surface area contributed by atoms with E-state index in [4.69, 9.17) is 4.74 Å². The lowest BCUT2D eigenvalue weighted by molar-refractivity contribution is -0.141. The van der Waals surface area contributed by atoms with Crippen LogP contribution < -0.4 is 9.62 Å². The zero-order valence-electron chi connectivity index (χ0n) is 15.7. The fourth-order valence-electron chi connectivity index (χ4n) is 3.25. The van der Waals surface area contributed by atoms with E-state index < -0.39 is 22.0 Å². The van der Waals surface area contributed by atoms with Crippen LogP contribution in [0, 0.1) is 0 Å². The minimum Gasteiger partial charge on any atom is -0.469 e. The molecule has 1 aromatic heterocycles. The Labute approximate surface area is 168 Å². The van der Waals surface area contributed by atoms with Crippen molar-refractivity contribution < 1.29 is 22.7 Å². The van der Waals surface area contributed by atoms with Gasteiger partial charge in [-0.2, -0.15) is 0 Å². The Morgan fingerprint density at radius 1 is 1.32 bits per heavy atom. The number of benzene rings is 1. The first-order chi connectivity index (χ1) is 13.3. The lowest BCUT2D eigenvalue weighted by Gasteiger charge is -2.29. The van der Waals surface area contributed by atoms with Gasteiger partial charge in [-0.25, -0.2) is 8.42 Å².